The number of aromatic amines is 1. The molecule has 2 aliphatic rings. The number of piperidine rings is 1. The van der Waals surface area contributed by atoms with E-state index in [9.17, 15) is 15.0 Å². The number of aliphatic hydroxyl groups is 2. The average molecular weight is 551 g/mol. The Hall–Kier alpha value is -3.14. The van der Waals surface area contributed by atoms with E-state index in [1.807, 2.05) is 36.4 Å². The Balaban J connectivity index is 1.12. The lowest BCUT2D eigenvalue weighted by molar-refractivity contribution is -0.0272. The molecule has 1 saturated carbocycles. The van der Waals surface area contributed by atoms with Crippen LogP contribution in [0.5, 0.6) is 11.6 Å². The quantitative estimate of drug-likeness (QED) is 0.304. The Morgan fingerprint density at radius 3 is 2.83 bits per heavy atom. The van der Waals surface area contributed by atoms with E-state index in [2.05, 4.69) is 27.1 Å². The van der Waals surface area contributed by atoms with Crippen LogP contribution in [0.25, 0.3) is 10.9 Å². The van der Waals surface area contributed by atoms with Crippen LogP contribution in [0, 0.1) is 5.92 Å². The van der Waals surface area contributed by atoms with Gasteiger partial charge in [-0.1, -0.05) is 19.1 Å². The first-order valence-electron chi connectivity index (χ1n) is 14.5. The second-order valence-corrected chi connectivity index (χ2v) is 11.5. The third-order valence-electron chi connectivity index (χ3n) is 8.63. The van der Waals surface area contributed by atoms with Crippen molar-refractivity contribution < 1.29 is 24.5 Å². The molecule has 1 aromatic carbocycles. The van der Waals surface area contributed by atoms with E-state index in [4.69, 9.17) is 9.47 Å². The lowest BCUT2D eigenvalue weighted by Gasteiger charge is -2.39. The van der Waals surface area contributed by atoms with Crippen LogP contribution in [0.15, 0.2) is 42.6 Å². The number of benzene rings is 1. The van der Waals surface area contributed by atoms with Gasteiger partial charge in [0.2, 0.25) is 5.88 Å². The minimum Gasteiger partial charge on any atom is -0.493 e. The molecule has 0 bridgehead atoms. The van der Waals surface area contributed by atoms with Gasteiger partial charge in [-0.15, -0.1) is 0 Å². The molecule has 9 heteroatoms. The number of hydrogen-bond acceptors (Lipinski definition) is 7. The van der Waals surface area contributed by atoms with Gasteiger partial charge >= 0.3 is 0 Å². The van der Waals surface area contributed by atoms with Crippen LogP contribution >= 0.6 is 0 Å². The highest BCUT2D eigenvalue weighted by Gasteiger charge is 2.35. The number of likely N-dealkylation sites (tertiary alicyclic amines) is 1. The van der Waals surface area contributed by atoms with Crippen LogP contribution in [-0.4, -0.2) is 82.1 Å². The summed E-state index contributed by atoms with van der Waals surface area (Å²) in [7, 11) is 1.61. The van der Waals surface area contributed by atoms with Crippen LogP contribution in [-0.2, 0) is 6.42 Å². The molecule has 1 aliphatic carbocycles. The molecule has 5 rings (SSSR count). The Morgan fingerprint density at radius 2 is 2.05 bits per heavy atom. The number of nitrogens with one attached hydrogen (secondary N) is 2. The van der Waals surface area contributed by atoms with Crippen molar-refractivity contribution >= 4 is 16.8 Å². The van der Waals surface area contributed by atoms with Crippen molar-refractivity contribution in [2.24, 2.45) is 5.92 Å². The second kappa shape index (κ2) is 12.6. The van der Waals surface area contributed by atoms with Gasteiger partial charge < -0.3 is 34.9 Å². The van der Waals surface area contributed by atoms with Crippen LogP contribution in [0.2, 0.25) is 0 Å². The summed E-state index contributed by atoms with van der Waals surface area (Å²) in [5.41, 5.74) is 1.64. The van der Waals surface area contributed by atoms with Gasteiger partial charge in [-0.25, -0.2) is 4.98 Å². The van der Waals surface area contributed by atoms with Gasteiger partial charge in [0.25, 0.3) is 5.91 Å². The summed E-state index contributed by atoms with van der Waals surface area (Å²) in [5.74, 6) is 1.45. The van der Waals surface area contributed by atoms with E-state index in [1.54, 1.807) is 13.3 Å². The molecule has 1 amide bonds. The largest absolute Gasteiger partial charge is 0.493 e. The number of H-pyrrole nitrogens is 1. The number of aliphatic hydroxyl groups excluding tert-OH is 1. The van der Waals surface area contributed by atoms with Crippen LogP contribution < -0.4 is 14.8 Å². The SMILES string of the molecule is COc1ncccc1CCOc1cccc2[nH]c(C(=O)NC3CCC(O)(CCN4CC[C@H](O)[C@@H](C)C4)CC3)cc12. The van der Waals surface area contributed by atoms with E-state index in [1.165, 1.54) is 0 Å². The first-order chi connectivity index (χ1) is 19.3. The highest BCUT2D eigenvalue weighted by atomic mass is 16.5. The maximum absolute atomic E-state index is 13.1. The molecule has 1 saturated heterocycles. The third kappa shape index (κ3) is 6.77. The van der Waals surface area contributed by atoms with Crippen molar-refractivity contribution in [3.05, 3.63) is 53.9 Å². The fourth-order valence-corrected chi connectivity index (χ4v) is 6.05. The standard InChI is InChI=1S/C31H42N4O5/c1-21-20-35(16-10-27(21)36)17-14-31(38)12-8-23(9-13-31)33-29(37)26-19-24-25(34-26)6-3-7-28(24)40-18-11-22-5-4-15-32-30(22)39-2/h3-7,15,19,21,23,27,34,36,38H,8-14,16-18,20H2,1-2H3,(H,33,37)/t21-,23?,27-,31?/m0/s1. The molecule has 2 fully saturated rings. The zero-order chi connectivity index (χ0) is 28.1. The molecule has 9 nitrogen and oxygen atoms in total. The fourth-order valence-electron chi connectivity index (χ4n) is 6.05. The lowest BCUT2D eigenvalue weighted by atomic mass is 9.80. The smallest absolute Gasteiger partial charge is 0.267 e. The topological polar surface area (TPSA) is 120 Å². The zero-order valence-electron chi connectivity index (χ0n) is 23.6. The van der Waals surface area contributed by atoms with Crippen molar-refractivity contribution in [3.8, 4) is 11.6 Å². The second-order valence-electron chi connectivity index (χ2n) is 11.5. The van der Waals surface area contributed by atoms with E-state index >= 15 is 0 Å². The first-order valence-corrected chi connectivity index (χ1v) is 14.5. The number of aromatic nitrogens is 2. The van der Waals surface area contributed by atoms with Crippen molar-refractivity contribution in [1.29, 1.82) is 0 Å². The molecule has 3 aromatic rings. The third-order valence-corrected chi connectivity index (χ3v) is 8.63. The molecule has 2 aromatic heterocycles. The predicted molar refractivity (Wildman–Crippen MR) is 154 cm³/mol. The van der Waals surface area contributed by atoms with E-state index in [-0.39, 0.29) is 24.0 Å². The van der Waals surface area contributed by atoms with Gasteiger partial charge in [-0.2, -0.15) is 0 Å². The Labute approximate surface area is 235 Å². The van der Waals surface area contributed by atoms with Gasteiger partial charge in [-0.05, 0) is 68.7 Å². The molecule has 0 radical (unpaired) electrons. The molecule has 40 heavy (non-hydrogen) atoms. The Bertz CT molecular complexity index is 1290. The fraction of sp³-hybridized carbons (Fsp3) is 0.548. The molecule has 3 heterocycles. The van der Waals surface area contributed by atoms with E-state index < -0.39 is 5.60 Å². The van der Waals surface area contributed by atoms with Crippen molar-refractivity contribution in [2.75, 3.05) is 33.4 Å². The van der Waals surface area contributed by atoms with Crippen molar-refractivity contribution in [3.63, 3.8) is 0 Å². The first kappa shape index (κ1) is 28.4. The summed E-state index contributed by atoms with van der Waals surface area (Å²) >= 11 is 0. The Morgan fingerprint density at radius 1 is 1.23 bits per heavy atom. The summed E-state index contributed by atoms with van der Waals surface area (Å²) < 4.78 is 11.4. The highest BCUT2D eigenvalue weighted by molar-refractivity contribution is 5.99. The number of carbonyl (C=O) groups is 1. The summed E-state index contributed by atoms with van der Waals surface area (Å²) in [5, 5.41) is 25.2. The normalized spacial score (nSPS) is 25.6. The summed E-state index contributed by atoms with van der Waals surface area (Å²) in [4.78, 5) is 22.9. The molecule has 1 aliphatic heterocycles. The number of hydrogen-bond donors (Lipinski definition) is 4. The van der Waals surface area contributed by atoms with E-state index in [0.717, 1.165) is 67.5 Å². The minimum absolute atomic E-state index is 0.0366. The van der Waals surface area contributed by atoms with Gasteiger partial charge in [0.05, 0.1) is 25.4 Å². The number of amides is 1. The predicted octanol–water partition coefficient (Wildman–Crippen LogP) is 3.69. The summed E-state index contributed by atoms with van der Waals surface area (Å²) in [6.07, 6.45) is 6.54. The molecule has 4 N–H and O–H groups in total. The molecule has 2 atom stereocenters. The molecular weight excluding hydrogens is 508 g/mol. The summed E-state index contributed by atoms with van der Waals surface area (Å²) in [6.45, 7) is 5.16. The van der Waals surface area contributed by atoms with Crippen LogP contribution in [0.1, 0.15) is 61.5 Å². The maximum atomic E-state index is 13.1. The van der Waals surface area contributed by atoms with Gasteiger partial charge in [-0.3, -0.25) is 4.79 Å². The highest BCUT2D eigenvalue weighted by Crippen LogP contribution is 2.33. The number of carbonyl (C=O) groups excluding carboxylic acids is 1. The lowest BCUT2D eigenvalue weighted by Crippen LogP contribution is -2.47. The van der Waals surface area contributed by atoms with E-state index in [0.29, 0.717) is 37.4 Å². The number of nitrogens with zero attached hydrogens (tertiary/aromatic N) is 2. The minimum atomic E-state index is -0.687. The van der Waals surface area contributed by atoms with Gasteiger partial charge in [0, 0.05) is 54.8 Å². The number of fused-ring (bicyclic) bond motifs is 1. The molecular formula is C31H42N4O5. The Kier molecular flexibility index (Phi) is 8.93. The van der Waals surface area contributed by atoms with Gasteiger partial charge in [0.1, 0.15) is 11.4 Å². The van der Waals surface area contributed by atoms with Crippen molar-refractivity contribution in [2.45, 2.75) is 69.6 Å². The maximum Gasteiger partial charge on any atom is 0.267 e. The number of ether oxygens (including phenoxy) is 2. The van der Waals surface area contributed by atoms with Crippen LogP contribution in [0.4, 0.5) is 0 Å². The van der Waals surface area contributed by atoms with Crippen LogP contribution in [0.3, 0.4) is 0 Å². The monoisotopic (exact) mass is 550 g/mol. The number of rotatable bonds is 10. The molecule has 216 valence electrons. The molecule has 0 spiro atoms. The zero-order valence-corrected chi connectivity index (χ0v) is 23.6. The number of methoxy groups -OCH3 is 1. The summed E-state index contributed by atoms with van der Waals surface area (Å²) in [6, 6.07) is 11.5. The number of pyridine rings is 1. The van der Waals surface area contributed by atoms with Gasteiger partial charge in [0.15, 0.2) is 0 Å². The molecule has 0 unspecified atom stereocenters. The van der Waals surface area contributed by atoms with Crippen molar-refractivity contribution in [1.82, 2.24) is 20.2 Å². The average Bonchev–Trinajstić information content (AvgIpc) is 3.41.